The lowest BCUT2D eigenvalue weighted by Gasteiger charge is -1.95. The van der Waals surface area contributed by atoms with Gasteiger partial charge in [-0.15, -0.1) is 21.8 Å². The van der Waals surface area contributed by atoms with Gasteiger partial charge in [0.05, 0.1) is 5.56 Å². The normalized spacial score (nSPS) is 10.7. The molecule has 2 aromatic heterocycles. The molecule has 0 saturated heterocycles. The van der Waals surface area contributed by atoms with E-state index in [0.717, 1.165) is 23.5 Å². The van der Waals surface area contributed by atoms with Crippen molar-refractivity contribution < 1.29 is 0 Å². The summed E-state index contributed by atoms with van der Waals surface area (Å²) in [5.41, 5.74) is 1.39. The Hall–Kier alpha value is -1.20. The quantitative estimate of drug-likeness (QED) is 0.867. The van der Waals surface area contributed by atoms with E-state index in [0.29, 0.717) is 16.5 Å². The monoisotopic (exact) mass is 269 g/mol. The number of aromatic nitrogens is 3. The van der Waals surface area contributed by atoms with E-state index in [2.05, 4.69) is 15.2 Å². The second-order valence-corrected chi connectivity index (χ2v) is 5.13. The van der Waals surface area contributed by atoms with Gasteiger partial charge in [0.25, 0.3) is 0 Å². The molecule has 0 aliphatic heterocycles. The second-order valence-electron chi connectivity index (χ2n) is 3.69. The summed E-state index contributed by atoms with van der Waals surface area (Å²) in [5, 5.41) is 9.67. The lowest BCUT2D eigenvalue weighted by Crippen LogP contribution is -2.04. The van der Waals surface area contributed by atoms with Crippen LogP contribution in [0.1, 0.15) is 17.1 Å². The van der Waals surface area contributed by atoms with E-state index >= 15 is 0 Å². The van der Waals surface area contributed by atoms with Gasteiger partial charge in [-0.2, -0.15) is 0 Å². The van der Waals surface area contributed by atoms with Crippen molar-refractivity contribution in [2.24, 2.45) is 0 Å². The molecule has 1 N–H and O–H groups in total. The van der Waals surface area contributed by atoms with Gasteiger partial charge >= 0.3 is 0 Å². The Morgan fingerprint density at radius 3 is 3.00 bits per heavy atom. The van der Waals surface area contributed by atoms with Crippen LogP contribution in [0.15, 0.2) is 17.1 Å². The summed E-state index contributed by atoms with van der Waals surface area (Å²) in [5.74, 6) is 0.611. The Balaban J connectivity index is 2.27. The first-order valence-corrected chi connectivity index (χ1v) is 6.64. The molecular weight excluding hydrogens is 258 g/mol. The second kappa shape index (κ2) is 5.42. The molecule has 0 amide bonds. The molecule has 4 nitrogen and oxygen atoms in total. The molecule has 90 valence electrons. The molecule has 0 atom stereocenters. The number of alkyl halides is 1. The van der Waals surface area contributed by atoms with Crippen LogP contribution in [0.2, 0.25) is 0 Å². The van der Waals surface area contributed by atoms with E-state index in [1.54, 1.807) is 12.3 Å². The summed E-state index contributed by atoms with van der Waals surface area (Å²) in [4.78, 5) is 14.8. The van der Waals surface area contributed by atoms with Crippen LogP contribution in [-0.4, -0.2) is 21.1 Å². The molecule has 0 saturated carbocycles. The van der Waals surface area contributed by atoms with Gasteiger partial charge in [-0.3, -0.25) is 4.79 Å². The van der Waals surface area contributed by atoms with Crippen molar-refractivity contribution in [3.8, 4) is 10.6 Å². The lowest BCUT2D eigenvalue weighted by molar-refractivity contribution is 0.884. The standard InChI is InChI=1S/C11H12ClN3OS/c1-7-5-9(16)8(6-13-7)11-15-14-10(17-11)3-2-4-12/h5-6H,2-4H2,1H3,(H,13,16). The van der Waals surface area contributed by atoms with Crippen molar-refractivity contribution in [3.63, 3.8) is 0 Å². The van der Waals surface area contributed by atoms with Crippen molar-refractivity contribution in [2.75, 3.05) is 5.88 Å². The van der Waals surface area contributed by atoms with Gasteiger partial charge in [-0.25, -0.2) is 0 Å². The minimum Gasteiger partial charge on any atom is -0.364 e. The first-order valence-electron chi connectivity index (χ1n) is 5.29. The number of pyridine rings is 1. The maximum Gasteiger partial charge on any atom is 0.192 e. The predicted octanol–water partition coefficient (Wildman–Crippen LogP) is 2.37. The van der Waals surface area contributed by atoms with Crippen LogP contribution in [0.5, 0.6) is 0 Å². The number of aromatic amines is 1. The Morgan fingerprint density at radius 1 is 1.47 bits per heavy atom. The molecule has 2 aromatic rings. The van der Waals surface area contributed by atoms with Crippen LogP contribution < -0.4 is 5.43 Å². The molecule has 0 aromatic carbocycles. The van der Waals surface area contributed by atoms with E-state index < -0.39 is 0 Å². The number of hydrogen-bond acceptors (Lipinski definition) is 4. The molecule has 0 bridgehead atoms. The third-order valence-corrected chi connectivity index (χ3v) is 3.56. The van der Waals surface area contributed by atoms with Crippen LogP contribution in [0.3, 0.4) is 0 Å². The maximum atomic E-state index is 11.8. The Morgan fingerprint density at radius 2 is 2.29 bits per heavy atom. The van der Waals surface area contributed by atoms with Gasteiger partial charge in [-0.1, -0.05) is 11.3 Å². The average molecular weight is 270 g/mol. The van der Waals surface area contributed by atoms with E-state index in [4.69, 9.17) is 11.6 Å². The van der Waals surface area contributed by atoms with E-state index in [1.165, 1.54) is 11.3 Å². The molecule has 17 heavy (non-hydrogen) atoms. The highest BCUT2D eigenvalue weighted by molar-refractivity contribution is 7.14. The van der Waals surface area contributed by atoms with E-state index in [9.17, 15) is 4.79 Å². The SMILES string of the molecule is Cc1cc(=O)c(-c2nnc(CCCCl)s2)c[nH]1. The molecule has 0 fully saturated rings. The molecule has 0 aliphatic rings. The highest BCUT2D eigenvalue weighted by Gasteiger charge is 2.09. The summed E-state index contributed by atoms with van der Waals surface area (Å²) in [7, 11) is 0. The topological polar surface area (TPSA) is 58.6 Å². The van der Waals surface area contributed by atoms with Crippen molar-refractivity contribution in [3.05, 3.63) is 33.2 Å². The fraction of sp³-hybridized carbons (Fsp3) is 0.364. The summed E-state index contributed by atoms with van der Waals surface area (Å²) >= 11 is 7.06. The van der Waals surface area contributed by atoms with Crippen LogP contribution in [-0.2, 0) is 6.42 Å². The molecule has 2 rings (SSSR count). The van der Waals surface area contributed by atoms with Crippen molar-refractivity contribution in [2.45, 2.75) is 19.8 Å². The summed E-state index contributed by atoms with van der Waals surface area (Å²) < 4.78 is 0. The van der Waals surface area contributed by atoms with Crippen LogP contribution in [0.25, 0.3) is 10.6 Å². The Bertz CT molecular complexity index is 564. The zero-order valence-corrected chi connectivity index (χ0v) is 10.9. The van der Waals surface area contributed by atoms with Crippen molar-refractivity contribution in [1.82, 2.24) is 15.2 Å². The number of H-pyrrole nitrogens is 1. The highest BCUT2D eigenvalue weighted by Crippen LogP contribution is 2.20. The van der Waals surface area contributed by atoms with Gasteiger partial charge < -0.3 is 4.98 Å². The van der Waals surface area contributed by atoms with Crippen LogP contribution >= 0.6 is 22.9 Å². The Labute approximate surface area is 108 Å². The number of hydrogen-bond donors (Lipinski definition) is 1. The van der Waals surface area contributed by atoms with E-state index in [-0.39, 0.29) is 5.43 Å². The summed E-state index contributed by atoms with van der Waals surface area (Å²) in [6.45, 7) is 1.84. The van der Waals surface area contributed by atoms with Gasteiger partial charge in [0.1, 0.15) is 5.01 Å². The molecule has 0 unspecified atom stereocenters. The lowest BCUT2D eigenvalue weighted by atomic mass is 10.2. The highest BCUT2D eigenvalue weighted by atomic mass is 35.5. The minimum atomic E-state index is -0.0266. The maximum absolute atomic E-state index is 11.8. The molecule has 0 radical (unpaired) electrons. The van der Waals surface area contributed by atoms with Crippen LogP contribution in [0.4, 0.5) is 0 Å². The number of halogens is 1. The van der Waals surface area contributed by atoms with Gasteiger partial charge in [0.2, 0.25) is 0 Å². The van der Waals surface area contributed by atoms with Crippen molar-refractivity contribution in [1.29, 1.82) is 0 Å². The molecule has 0 aliphatic carbocycles. The van der Waals surface area contributed by atoms with Gasteiger partial charge in [-0.05, 0) is 13.3 Å². The Kier molecular flexibility index (Phi) is 3.91. The predicted molar refractivity (Wildman–Crippen MR) is 69.7 cm³/mol. The molecule has 0 spiro atoms. The molecular formula is C11H12ClN3OS. The van der Waals surface area contributed by atoms with E-state index in [1.807, 2.05) is 6.92 Å². The fourth-order valence-electron chi connectivity index (χ4n) is 1.42. The van der Waals surface area contributed by atoms with Gasteiger partial charge in [0, 0.05) is 30.3 Å². The fourth-order valence-corrected chi connectivity index (χ4v) is 2.46. The summed E-state index contributed by atoms with van der Waals surface area (Å²) in [6.07, 6.45) is 3.37. The third-order valence-electron chi connectivity index (χ3n) is 2.28. The largest absolute Gasteiger partial charge is 0.364 e. The first-order chi connectivity index (χ1) is 8.20. The zero-order chi connectivity index (χ0) is 12.3. The first kappa shape index (κ1) is 12.3. The van der Waals surface area contributed by atoms with Crippen LogP contribution in [0, 0.1) is 6.92 Å². The zero-order valence-electron chi connectivity index (χ0n) is 9.36. The summed E-state index contributed by atoms with van der Waals surface area (Å²) in [6, 6.07) is 1.56. The molecule has 6 heteroatoms. The number of rotatable bonds is 4. The molecule has 2 heterocycles. The number of nitrogens with zero attached hydrogens (tertiary/aromatic N) is 2. The smallest absolute Gasteiger partial charge is 0.192 e. The van der Waals surface area contributed by atoms with Gasteiger partial charge in [0.15, 0.2) is 10.4 Å². The minimum absolute atomic E-state index is 0.0266. The number of aryl methyl sites for hydroxylation is 2. The third kappa shape index (κ3) is 2.92. The van der Waals surface area contributed by atoms with Crippen molar-refractivity contribution >= 4 is 22.9 Å². The average Bonchev–Trinajstić information content (AvgIpc) is 2.75. The number of nitrogens with one attached hydrogen (secondary N) is 1.